The van der Waals surface area contributed by atoms with E-state index in [1.807, 2.05) is 0 Å². The number of nitrogens with zero attached hydrogens (tertiary/aromatic N) is 2. The first-order chi connectivity index (χ1) is 18.8. The van der Waals surface area contributed by atoms with Gasteiger partial charge >= 0.3 is 0 Å². The van der Waals surface area contributed by atoms with E-state index in [-0.39, 0.29) is 0 Å². The maximum absolute atomic E-state index is 5.31. The van der Waals surface area contributed by atoms with Crippen LogP contribution in [0.25, 0.3) is 71.2 Å². The molecule has 0 aliphatic carbocycles. The fourth-order valence-electron chi connectivity index (χ4n) is 6.16. The second-order valence-corrected chi connectivity index (χ2v) is 10.1. The molecule has 0 saturated carbocycles. The molecule has 8 aromatic rings. The number of hydrogen-bond acceptors (Lipinski definition) is 1. The predicted octanol–water partition coefficient (Wildman–Crippen LogP) is 9.61. The van der Waals surface area contributed by atoms with Gasteiger partial charge in [0, 0.05) is 32.8 Å². The highest BCUT2D eigenvalue weighted by Crippen LogP contribution is 2.37. The smallest absolute Gasteiger partial charge is 0.0794 e. The molecule has 2 aromatic heterocycles. The number of benzene rings is 6. The lowest BCUT2D eigenvalue weighted by molar-refractivity contribution is 1.18. The minimum Gasteiger partial charge on any atom is -0.309 e. The standard InChI is InChI=1S/C36H24N2/c1-23-22-32-28-12-3-2-10-26(28)27-11-4-5-15-31(27)36(32)37-35(23)24-18-20-25(21-19-24)38-33-16-8-6-13-29(33)30-14-7-9-17-34(30)38/h2-22H,1H3. The number of rotatable bonds is 2. The Morgan fingerprint density at radius 1 is 0.474 bits per heavy atom. The van der Waals surface area contributed by atoms with Gasteiger partial charge in [-0.1, -0.05) is 97.1 Å². The Labute approximate surface area is 220 Å². The lowest BCUT2D eigenvalue weighted by Crippen LogP contribution is -1.95. The number of fused-ring (bicyclic) bond motifs is 9. The zero-order valence-electron chi connectivity index (χ0n) is 21.0. The van der Waals surface area contributed by atoms with Crippen molar-refractivity contribution in [1.82, 2.24) is 9.55 Å². The summed E-state index contributed by atoms with van der Waals surface area (Å²) in [5.74, 6) is 0. The molecule has 0 unspecified atom stereocenters. The highest BCUT2D eigenvalue weighted by atomic mass is 15.0. The van der Waals surface area contributed by atoms with Crippen LogP contribution in [-0.2, 0) is 0 Å². The van der Waals surface area contributed by atoms with Crippen molar-refractivity contribution >= 4 is 54.3 Å². The second kappa shape index (κ2) is 8.03. The van der Waals surface area contributed by atoms with Crippen LogP contribution in [0.3, 0.4) is 0 Å². The van der Waals surface area contributed by atoms with Gasteiger partial charge in [-0.2, -0.15) is 0 Å². The molecule has 0 atom stereocenters. The summed E-state index contributed by atoms with van der Waals surface area (Å²) in [6.45, 7) is 2.17. The molecule has 0 saturated heterocycles. The molecule has 8 rings (SSSR count). The minimum atomic E-state index is 1.03. The number of pyridine rings is 1. The van der Waals surface area contributed by atoms with Crippen LogP contribution < -0.4 is 0 Å². The maximum atomic E-state index is 5.31. The van der Waals surface area contributed by atoms with Crippen molar-refractivity contribution in [3.05, 3.63) is 133 Å². The van der Waals surface area contributed by atoms with Crippen LogP contribution in [0.1, 0.15) is 5.56 Å². The zero-order chi connectivity index (χ0) is 25.2. The molecule has 2 nitrogen and oxygen atoms in total. The van der Waals surface area contributed by atoms with Crippen LogP contribution in [0.2, 0.25) is 0 Å². The van der Waals surface area contributed by atoms with E-state index < -0.39 is 0 Å². The second-order valence-electron chi connectivity index (χ2n) is 10.1. The molecule has 0 N–H and O–H groups in total. The lowest BCUT2D eigenvalue weighted by atomic mass is 9.95. The molecule has 0 aliphatic heterocycles. The fourth-order valence-corrected chi connectivity index (χ4v) is 6.16. The highest BCUT2D eigenvalue weighted by molar-refractivity contribution is 6.24. The molecule has 0 amide bonds. The number of aryl methyl sites for hydroxylation is 1. The van der Waals surface area contributed by atoms with Gasteiger partial charge in [0.1, 0.15) is 0 Å². The molecule has 38 heavy (non-hydrogen) atoms. The van der Waals surface area contributed by atoms with Gasteiger partial charge in [0.25, 0.3) is 0 Å². The normalized spacial score (nSPS) is 11.8. The Morgan fingerprint density at radius 3 is 1.55 bits per heavy atom. The van der Waals surface area contributed by atoms with Crippen molar-refractivity contribution in [3.8, 4) is 16.9 Å². The Kier molecular flexibility index (Phi) is 4.47. The molecule has 178 valence electrons. The van der Waals surface area contributed by atoms with E-state index in [2.05, 4.69) is 139 Å². The Bertz CT molecular complexity index is 2130. The van der Waals surface area contributed by atoms with Crippen LogP contribution in [0, 0.1) is 6.92 Å². The van der Waals surface area contributed by atoms with Crippen LogP contribution in [-0.4, -0.2) is 9.55 Å². The average Bonchev–Trinajstić information content (AvgIpc) is 3.32. The quantitative estimate of drug-likeness (QED) is 0.223. The fraction of sp³-hybridized carbons (Fsp3) is 0.0278. The molecular formula is C36H24N2. The molecule has 2 heteroatoms. The largest absolute Gasteiger partial charge is 0.309 e. The Hall–Kier alpha value is -4.95. The summed E-state index contributed by atoms with van der Waals surface area (Å²) in [7, 11) is 0. The molecule has 0 fully saturated rings. The Balaban J connectivity index is 1.33. The summed E-state index contributed by atoms with van der Waals surface area (Å²) in [6, 6.07) is 45.7. The van der Waals surface area contributed by atoms with Crippen LogP contribution in [0.15, 0.2) is 127 Å². The molecular weight excluding hydrogens is 460 g/mol. The van der Waals surface area contributed by atoms with Gasteiger partial charge in [0.2, 0.25) is 0 Å². The third-order valence-electron chi connectivity index (χ3n) is 7.88. The van der Waals surface area contributed by atoms with E-state index >= 15 is 0 Å². The lowest BCUT2D eigenvalue weighted by Gasteiger charge is -2.14. The van der Waals surface area contributed by atoms with Crippen LogP contribution in [0.5, 0.6) is 0 Å². The van der Waals surface area contributed by atoms with Crippen molar-refractivity contribution in [2.75, 3.05) is 0 Å². The van der Waals surface area contributed by atoms with Gasteiger partial charge < -0.3 is 4.57 Å². The Morgan fingerprint density at radius 2 is 0.947 bits per heavy atom. The van der Waals surface area contributed by atoms with E-state index in [0.717, 1.165) is 22.5 Å². The van der Waals surface area contributed by atoms with Crippen molar-refractivity contribution in [2.24, 2.45) is 0 Å². The summed E-state index contributed by atoms with van der Waals surface area (Å²) in [6.07, 6.45) is 0. The van der Waals surface area contributed by atoms with Gasteiger partial charge in [0.05, 0.1) is 22.2 Å². The minimum absolute atomic E-state index is 1.03. The maximum Gasteiger partial charge on any atom is 0.0794 e. The third-order valence-corrected chi connectivity index (χ3v) is 7.88. The summed E-state index contributed by atoms with van der Waals surface area (Å²) >= 11 is 0. The molecule has 0 radical (unpaired) electrons. The van der Waals surface area contributed by atoms with Crippen LogP contribution in [0.4, 0.5) is 0 Å². The predicted molar refractivity (Wildman–Crippen MR) is 161 cm³/mol. The first-order valence-corrected chi connectivity index (χ1v) is 13.1. The van der Waals surface area contributed by atoms with Gasteiger partial charge in [0.15, 0.2) is 0 Å². The van der Waals surface area contributed by atoms with E-state index in [4.69, 9.17) is 4.98 Å². The molecule has 2 heterocycles. The molecule has 0 aliphatic rings. The summed E-state index contributed by atoms with van der Waals surface area (Å²) in [5, 5.41) is 8.74. The topological polar surface area (TPSA) is 17.8 Å². The monoisotopic (exact) mass is 484 g/mol. The van der Waals surface area contributed by atoms with E-state index in [1.54, 1.807) is 0 Å². The molecule has 0 spiro atoms. The highest BCUT2D eigenvalue weighted by Gasteiger charge is 2.15. The van der Waals surface area contributed by atoms with Crippen LogP contribution >= 0.6 is 0 Å². The van der Waals surface area contributed by atoms with Gasteiger partial charge in [-0.3, -0.25) is 0 Å². The number of para-hydroxylation sites is 2. The summed E-state index contributed by atoms with van der Waals surface area (Å²) < 4.78 is 2.36. The van der Waals surface area contributed by atoms with E-state index in [1.165, 1.54) is 54.3 Å². The van der Waals surface area contributed by atoms with Crippen molar-refractivity contribution in [2.45, 2.75) is 6.92 Å². The van der Waals surface area contributed by atoms with Crippen molar-refractivity contribution in [3.63, 3.8) is 0 Å². The van der Waals surface area contributed by atoms with Crippen molar-refractivity contribution < 1.29 is 0 Å². The van der Waals surface area contributed by atoms with Crippen molar-refractivity contribution in [1.29, 1.82) is 0 Å². The van der Waals surface area contributed by atoms with E-state index in [9.17, 15) is 0 Å². The average molecular weight is 485 g/mol. The number of aromatic nitrogens is 2. The third kappa shape index (κ3) is 2.98. The SMILES string of the molecule is Cc1cc2c3ccccc3c3ccccc3c2nc1-c1ccc(-n2c3ccccc3c3ccccc32)cc1. The zero-order valence-corrected chi connectivity index (χ0v) is 21.0. The summed E-state index contributed by atoms with van der Waals surface area (Å²) in [5.41, 5.74) is 8.01. The van der Waals surface area contributed by atoms with Gasteiger partial charge in [-0.25, -0.2) is 4.98 Å². The van der Waals surface area contributed by atoms with E-state index in [0.29, 0.717) is 0 Å². The number of hydrogen-bond donors (Lipinski definition) is 0. The molecule has 6 aromatic carbocycles. The van der Waals surface area contributed by atoms with Gasteiger partial charge in [-0.15, -0.1) is 0 Å². The molecule has 0 bridgehead atoms. The van der Waals surface area contributed by atoms with Gasteiger partial charge in [-0.05, 0) is 59.0 Å². The first-order valence-electron chi connectivity index (χ1n) is 13.1. The first kappa shape index (κ1) is 21.2. The summed E-state index contributed by atoms with van der Waals surface area (Å²) in [4.78, 5) is 5.31.